The molecule has 1 unspecified atom stereocenters. The molecule has 1 aromatic carbocycles. The van der Waals surface area contributed by atoms with Gasteiger partial charge in [0.1, 0.15) is 17.2 Å². The second kappa shape index (κ2) is 9.50. The first-order chi connectivity index (χ1) is 15.9. The largest absolute Gasteiger partial charge is 0.481 e. The van der Waals surface area contributed by atoms with Crippen molar-refractivity contribution in [3.05, 3.63) is 53.9 Å². The van der Waals surface area contributed by atoms with Crippen molar-refractivity contribution in [2.24, 2.45) is 5.73 Å². The van der Waals surface area contributed by atoms with Crippen LogP contribution in [-0.4, -0.2) is 60.6 Å². The molecule has 0 bridgehead atoms. The second-order valence-corrected chi connectivity index (χ2v) is 8.17. The van der Waals surface area contributed by atoms with Gasteiger partial charge in [0.25, 0.3) is 5.91 Å². The van der Waals surface area contributed by atoms with E-state index in [1.807, 2.05) is 24.0 Å². The molecule has 9 nitrogen and oxygen atoms in total. The summed E-state index contributed by atoms with van der Waals surface area (Å²) in [6.07, 6.45) is 2.69. The Morgan fingerprint density at radius 3 is 2.82 bits per heavy atom. The fourth-order valence-corrected chi connectivity index (χ4v) is 4.20. The number of carbonyl (C=O) groups excluding carboxylic acids is 2. The first-order valence-electron chi connectivity index (χ1n) is 10.8. The van der Waals surface area contributed by atoms with Crippen molar-refractivity contribution >= 4 is 28.6 Å². The topological polar surface area (TPSA) is 111 Å². The van der Waals surface area contributed by atoms with E-state index in [9.17, 15) is 9.59 Å². The molecule has 2 N–H and O–H groups in total. The molecule has 1 fully saturated rings. The van der Waals surface area contributed by atoms with Crippen LogP contribution in [0.4, 0.5) is 5.82 Å². The minimum Gasteiger partial charge on any atom is -0.481 e. The molecule has 1 aliphatic heterocycles. The number of carbonyl (C=O) groups is 2. The summed E-state index contributed by atoms with van der Waals surface area (Å²) in [6, 6.07) is 8.59. The van der Waals surface area contributed by atoms with Crippen LogP contribution in [0.5, 0.6) is 5.75 Å². The van der Waals surface area contributed by atoms with E-state index in [0.29, 0.717) is 36.5 Å². The maximum absolute atomic E-state index is 13.2. The van der Waals surface area contributed by atoms with E-state index in [-0.39, 0.29) is 18.6 Å². The van der Waals surface area contributed by atoms with Crippen LogP contribution in [0.15, 0.2) is 47.2 Å². The van der Waals surface area contributed by atoms with Crippen molar-refractivity contribution < 1.29 is 23.5 Å². The van der Waals surface area contributed by atoms with Crippen LogP contribution in [0.2, 0.25) is 0 Å². The number of amides is 2. The molecule has 3 heterocycles. The summed E-state index contributed by atoms with van der Waals surface area (Å²) in [5.74, 6) is 0.724. The number of fused-ring (bicyclic) bond motifs is 1. The zero-order valence-electron chi connectivity index (χ0n) is 19.0. The Balaban J connectivity index is 1.44. The summed E-state index contributed by atoms with van der Waals surface area (Å²) in [7, 11) is 1.55. The van der Waals surface area contributed by atoms with Gasteiger partial charge in [0.2, 0.25) is 5.91 Å². The predicted molar refractivity (Wildman–Crippen MR) is 123 cm³/mol. The molecular formula is C24H28N4O5. The molecule has 174 valence electrons. The van der Waals surface area contributed by atoms with E-state index in [1.54, 1.807) is 44.7 Å². The zero-order valence-corrected chi connectivity index (χ0v) is 19.0. The van der Waals surface area contributed by atoms with E-state index < -0.39 is 12.0 Å². The van der Waals surface area contributed by atoms with E-state index >= 15 is 0 Å². The molecule has 9 heteroatoms. The van der Waals surface area contributed by atoms with Gasteiger partial charge in [-0.15, -0.1) is 0 Å². The first-order valence-corrected chi connectivity index (χ1v) is 10.8. The number of pyridine rings is 1. The number of nitrogens with zero attached hydrogens (tertiary/aromatic N) is 3. The highest BCUT2D eigenvalue weighted by Gasteiger charge is 2.32. The first kappa shape index (κ1) is 22.6. The van der Waals surface area contributed by atoms with Gasteiger partial charge in [-0.05, 0) is 44.2 Å². The third kappa shape index (κ3) is 4.63. The lowest BCUT2D eigenvalue weighted by molar-refractivity contribution is -0.140. The Hall–Kier alpha value is -3.59. The molecule has 0 radical (unpaired) electrons. The van der Waals surface area contributed by atoms with Crippen LogP contribution < -0.4 is 15.4 Å². The number of methoxy groups -OCH3 is 1. The second-order valence-electron chi connectivity index (χ2n) is 8.17. The van der Waals surface area contributed by atoms with Crippen molar-refractivity contribution in [3.8, 4) is 5.75 Å². The summed E-state index contributed by atoms with van der Waals surface area (Å²) >= 11 is 0. The molecule has 0 saturated carbocycles. The Morgan fingerprint density at radius 2 is 2.09 bits per heavy atom. The lowest BCUT2D eigenvalue weighted by Crippen LogP contribution is -2.56. The van der Waals surface area contributed by atoms with Gasteiger partial charge < -0.3 is 29.4 Å². The van der Waals surface area contributed by atoms with Crippen molar-refractivity contribution in [3.63, 3.8) is 0 Å². The number of benzene rings is 1. The fourth-order valence-electron chi connectivity index (χ4n) is 4.20. The summed E-state index contributed by atoms with van der Waals surface area (Å²) < 4.78 is 16.7. The van der Waals surface area contributed by atoms with E-state index in [4.69, 9.17) is 19.6 Å². The van der Waals surface area contributed by atoms with Gasteiger partial charge in [0.15, 0.2) is 6.10 Å². The minimum atomic E-state index is -0.704. The number of rotatable bonds is 7. The number of hydrogen-bond acceptors (Lipinski definition) is 7. The molecule has 2 aromatic heterocycles. The van der Waals surface area contributed by atoms with Crippen molar-refractivity contribution in [2.75, 3.05) is 31.6 Å². The van der Waals surface area contributed by atoms with Crippen LogP contribution in [0.1, 0.15) is 29.8 Å². The summed E-state index contributed by atoms with van der Waals surface area (Å²) in [6.45, 7) is 5.84. The third-order valence-electron chi connectivity index (χ3n) is 5.87. The number of aromatic nitrogens is 1. The van der Waals surface area contributed by atoms with Crippen LogP contribution in [-0.2, 0) is 16.1 Å². The lowest BCUT2D eigenvalue weighted by Gasteiger charge is -2.41. The van der Waals surface area contributed by atoms with Crippen molar-refractivity contribution in [2.45, 2.75) is 32.6 Å². The van der Waals surface area contributed by atoms with Crippen LogP contribution in [0.3, 0.4) is 0 Å². The van der Waals surface area contributed by atoms with Gasteiger partial charge in [-0.2, -0.15) is 0 Å². The predicted octanol–water partition coefficient (Wildman–Crippen LogP) is 2.58. The van der Waals surface area contributed by atoms with Gasteiger partial charge in [-0.3, -0.25) is 9.59 Å². The number of primary amides is 1. The fraction of sp³-hybridized carbons (Fsp3) is 0.375. The number of hydrogen-bond donors (Lipinski definition) is 1. The van der Waals surface area contributed by atoms with Gasteiger partial charge in [0, 0.05) is 50.1 Å². The number of anilines is 1. The average Bonchev–Trinajstić information content (AvgIpc) is 3.28. The van der Waals surface area contributed by atoms with Gasteiger partial charge >= 0.3 is 0 Å². The molecule has 2 amide bonds. The SMILES string of the molecule is COCc1cc(C(N)=O)ccc1O[C@@H](C)C(=O)N1CCN(c2nccc3occc23)CC1C. The van der Waals surface area contributed by atoms with E-state index in [2.05, 4.69) is 9.88 Å². The molecule has 1 aliphatic rings. The molecular weight excluding hydrogens is 424 g/mol. The van der Waals surface area contributed by atoms with E-state index in [0.717, 1.165) is 16.8 Å². The maximum atomic E-state index is 13.2. The molecule has 0 aliphatic carbocycles. The highest BCUT2D eigenvalue weighted by molar-refractivity contribution is 5.93. The normalized spacial score (nSPS) is 17.2. The number of nitrogens with two attached hydrogens (primary N) is 1. The van der Waals surface area contributed by atoms with E-state index in [1.165, 1.54) is 0 Å². The Labute approximate surface area is 192 Å². The quantitative estimate of drug-likeness (QED) is 0.586. The van der Waals surface area contributed by atoms with Gasteiger partial charge in [-0.1, -0.05) is 0 Å². The highest BCUT2D eigenvalue weighted by atomic mass is 16.5. The molecule has 0 spiro atoms. The minimum absolute atomic E-state index is 0.0306. The van der Waals surface area contributed by atoms with Gasteiger partial charge in [0.05, 0.1) is 18.3 Å². The number of ether oxygens (including phenoxy) is 2. The standard InChI is InChI=1S/C24H28N4O5/c1-15-13-27(23-19-7-11-32-21(19)6-8-26-23)9-10-28(15)24(30)16(2)33-20-5-4-17(22(25)29)12-18(20)14-31-3/h4-8,11-12,15-16H,9-10,13-14H2,1-3H3,(H2,25,29)/t15?,16-/m0/s1. The lowest BCUT2D eigenvalue weighted by atomic mass is 10.1. The number of piperazine rings is 1. The summed E-state index contributed by atoms with van der Waals surface area (Å²) in [4.78, 5) is 33.3. The summed E-state index contributed by atoms with van der Waals surface area (Å²) in [5, 5.41) is 0.964. The molecule has 33 heavy (non-hydrogen) atoms. The smallest absolute Gasteiger partial charge is 0.263 e. The molecule has 1 saturated heterocycles. The highest BCUT2D eigenvalue weighted by Crippen LogP contribution is 2.28. The molecule has 3 aromatic rings. The number of furan rings is 1. The van der Waals surface area contributed by atoms with Gasteiger partial charge in [-0.25, -0.2) is 4.98 Å². The molecule has 4 rings (SSSR count). The van der Waals surface area contributed by atoms with Crippen LogP contribution in [0, 0.1) is 0 Å². The molecule has 2 atom stereocenters. The Morgan fingerprint density at radius 1 is 1.27 bits per heavy atom. The Bertz CT molecular complexity index is 1160. The Kier molecular flexibility index (Phi) is 6.50. The summed E-state index contributed by atoms with van der Waals surface area (Å²) in [5.41, 5.74) is 7.19. The van der Waals surface area contributed by atoms with Crippen molar-refractivity contribution in [1.82, 2.24) is 9.88 Å². The monoisotopic (exact) mass is 452 g/mol. The van der Waals surface area contributed by atoms with Crippen molar-refractivity contribution in [1.29, 1.82) is 0 Å². The zero-order chi connectivity index (χ0) is 23.5. The third-order valence-corrected chi connectivity index (χ3v) is 5.87. The van der Waals surface area contributed by atoms with Crippen LogP contribution in [0.25, 0.3) is 11.0 Å². The average molecular weight is 453 g/mol. The maximum Gasteiger partial charge on any atom is 0.263 e. The van der Waals surface area contributed by atoms with Crippen LogP contribution >= 0.6 is 0 Å².